The van der Waals surface area contributed by atoms with Crippen molar-refractivity contribution in [3.63, 3.8) is 0 Å². The van der Waals surface area contributed by atoms with Crippen LogP contribution >= 0.6 is 0 Å². The third-order valence-corrected chi connectivity index (χ3v) is 6.34. The Labute approximate surface area is 187 Å². The molecular weight excluding hydrogens is 406 g/mol. The Bertz CT molecular complexity index is 1130. The molecule has 0 aliphatic carbocycles. The Kier molecular flexibility index (Phi) is 5.42. The Morgan fingerprint density at radius 3 is 2.78 bits per heavy atom. The van der Waals surface area contributed by atoms with Crippen molar-refractivity contribution in [1.82, 2.24) is 29.2 Å². The van der Waals surface area contributed by atoms with Gasteiger partial charge in [0.1, 0.15) is 30.2 Å². The zero-order chi connectivity index (χ0) is 22.2. The van der Waals surface area contributed by atoms with Crippen molar-refractivity contribution in [2.75, 3.05) is 26.2 Å². The van der Waals surface area contributed by atoms with Crippen molar-refractivity contribution < 1.29 is 9.53 Å². The molecule has 1 fully saturated rings. The summed E-state index contributed by atoms with van der Waals surface area (Å²) in [6, 6.07) is 6.70. The molecule has 1 saturated heterocycles. The van der Waals surface area contributed by atoms with Crippen LogP contribution in [0.3, 0.4) is 0 Å². The van der Waals surface area contributed by atoms with Crippen molar-refractivity contribution in [2.24, 2.45) is 5.73 Å². The number of rotatable bonds is 5. The number of hydrogen-bond acceptors (Lipinski definition) is 6. The van der Waals surface area contributed by atoms with E-state index in [1.165, 1.54) is 5.56 Å². The fourth-order valence-corrected chi connectivity index (χ4v) is 4.72. The van der Waals surface area contributed by atoms with E-state index < -0.39 is 0 Å². The van der Waals surface area contributed by atoms with Gasteiger partial charge >= 0.3 is 0 Å². The van der Waals surface area contributed by atoms with Gasteiger partial charge in [0.25, 0.3) is 0 Å². The van der Waals surface area contributed by atoms with Crippen LogP contribution in [0.25, 0.3) is 22.9 Å². The number of fused-ring (bicyclic) bond motifs is 3. The number of amides is 1. The summed E-state index contributed by atoms with van der Waals surface area (Å²) in [5.74, 6) is 2.75. The van der Waals surface area contributed by atoms with Crippen LogP contribution in [0.1, 0.15) is 44.2 Å². The maximum absolute atomic E-state index is 11.2. The molecule has 9 heteroatoms. The molecule has 0 bridgehead atoms. The fourth-order valence-electron chi connectivity index (χ4n) is 4.72. The summed E-state index contributed by atoms with van der Waals surface area (Å²) < 4.78 is 10.2. The second-order valence-electron chi connectivity index (χ2n) is 8.89. The molecule has 0 unspecified atom stereocenters. The first kappa shape index (κ1) is 20.7. The molecule has 2 aromatic heterocycles. The highest BCUT2D eigenvalue weighted by atomic mass is 16.5. The van der Waals surface area contributed by atoms with E-state index in [9.17, 15) is 4.79 Å². The highest BCUT2D eigenvalue weighted by molar-refractivity contribution is 5.76. The van der Waals surface area contributed by atoms with E-state index in [1.807, 2.05) is 10.9 Å². The third kappa shape index (κ3) is 3.88. The van der Waals surface area contributed by atoms with Gasteiger partial charge in [-0.15, -0.1) is 0 Å². The van der Waals surface area contributed by atoms with Crippen LogP contribution in [0, 0.1) is 0 Å². The summed E-state index contributed by atoms with van der Waals surface area (Å²) in [4.78, 5) is 22.7. The van der Waals surface area contributed by atoms with Gasteiger partial charge in [-0.3, -0.25) is 9.69 Å². The van der Waals surface area contributed by atoms with Crippen molar-refractivity contribution in [2.45, 2.75) is 45.2 Å². The molecule has 1 aromatic carbocycles. The Hall–Kier alpha value is -3.20. The topological polar surface area (TPSA) is 104 Å². The second-order valence-corrected chi connectivity index (χ2v) is 8.89. The molecule has 2 aliphatic heterocycles. The zero-order valence-corrected chi connectivity index (χ0v) is 18.6. The summed E-state index contributed by atoms with van der Waals surface area (Å²) in [7, 11) is 0. The van der Waals surface area contributed by atoms with Crippen molar-refractivity contribution in [1.29, 1.82) is 0 Å². The summed E-state index contributed by atoms with van der Waals surface area (Å²) in [6.45, 7) is 7.60. The summed E-state index contributed by atoms with van der Waals surface area (Å²) in [5, 5.41) is 4.35. The van der Waals surface area contributed by atoms with Crippen LogP contribution < -0.4 is 10.5 Å². The van der Waals surface area contributed by atoms with Gasteiger partial charge in [-0.1, -0.05) is 6.07 Å². The average molecular weight is 436 g/mol. The maximum Gasteiger partial charge on any atom is 0.231 e. The molecule has 168 valence electrons. The highest BCUT2D eigenvalue weighted by Gasteiger charge is 2.25. The minimum Gasteiger partial charge on any atom is -0.491 e. The molecule has 5 rings (SSSR count). The number of ether oxygens (including phenoxy) is 1. The molecule has 1 amide bonds. The van der Waals surface area contributed by atoms with Gasteiger partial charge in [-0.05, 0) is 63.4 Å². The lowest BCUT2D eigenvalue weighted by Gasteiger charge is -2.31. The van der Waals surface area contributed by atoms with Crippen LogP contribution in [-0.4, -0.2) is 61.4 Å². The number of carbonyl (C=O) groups excluding carboxylic acids is 1. The number of nitrogens with zero attached hydrogens (tertiary/aromatic N) is 6. The van der Waals surface area contributed by atoms with E-state index in [2.05, 4.69) is 51.6 Å². The van der Waals surface area contributed by atoms with Gasteiger partial charge in [0.2, 0.25) is 5.91 Å². The lowest BCUT2D eigenvalue weighted by molar-refractivity contribution is -0.119. The Balaban J connectivity index is 1.41. The van der Waals surface area contributed by atoms with E-state index in [4.69, 9.17) is 15.5 Å². The van der Waals surface area contributed by atoms with Crippen LogP contribution in [0.15, 0.2) is 30.7 Å². The standard InChI is InChI=1S/C23H29N7O2/c1-15(2)30-23(25-14-26-30)19-12-29-9-10-32-20-11-17(3-4-18(20)22(29)27-19)16-5-7-28(8-6-16)13-21(24)31/h3-4,11-12,14-16H,5-10,13H2,1-2H3,(H2,24,31). The van der Waals surface area contributed by atoms with Crippen LogP contribution in [0.4, 0.5) is 0 Å². The molecule has 0 atom stereocenters. The van der Waals surface area contributed by atoms with Gasteiger partial charge < -0.3 is 15.0 Å². The predicted molar refractivity (Wildman–Crippen MR) is 120 cm³/mol. The Morgan fingerprint density at radius 2 is 2.03 bits per heavy atom. The van der Waals surface area contributed by atoms with E-state index in [0.717, 1.165) is 61.1 Å². The number of nitrogens with two attached hydrogens (primary N) is 1. The number of likely N-dealkylation sites (tertiary alicyclic amines) is 1. The van der Waals surface area contributed by atoms with Gasteiger partial charge in [0.15, 0.2) is 5.82 Å². The molecule has 4 heterocycles. The van der Waals surface area contributed by atoms with Gasteiger partial charge in [-0.25, -0.2) is 14.6 Å². The molecule has 0 saturated carbocycles. The minimum atomic E-state index is -0.261. The van der Waals surface area contributed by atoms with Crippen molar-refractivity contribution in [3.05, 3.63) is 36.3 Å². The smallest absolute Gasteiger partial charge is 0.231 e. The summed E-state index contributed by atoms with van der Waals surface area (Å²) in [5.41, 5.74) is 8.44. The maximum atomic E-state index is 11.2. The SMILES string of the molecule is CC(C)n1ncnc1-c1cn2c(n1)-c1ccc(C3CCN(CC(N)=O)CC3)cc1OCC2. The zero-order valence-electron chi connectivity index (χ0n) is 18.6. The van der Waals surface area contributed by atoms with Crippen LogP contribution in [0.2, 0.25) is 0 Å². The average Bonchev–Trinajstić information content (AvgIpc) is 3.38. The molecule has 0 radical (unpaired) electrons. The monoisotopic (exact) mass is 435 g/mol. The van der Waals surface area contributed by atoms with E-state index >= 15 is 0 Å². The third-order valence-electron chi connectivity index (χ3n) is 6.34. The van der Waals surface area contributed by atoms with Crippen molar-refractivity contribution >= 4 is 5.91 Å². The molecule has 9 nitrogen and oxygen atoms in total. The predicted octanol–water partition coefficient (Wildman–Crippen LogP) is 2.45. The summed E-state index contributed by atoms with van der Waals surface area (Å²) >= 11 is 0. The minimum absolute atomic E-state index is 0.210. The van der Waals surface area contributed by atoms with Crippen LogP contribution in [-0.2, 0) is 11.3 Å². The number of hydrogen-bond donors (Lipinski definition) is 1. The molecule has 32 heavy (non-hydrogen) atoms. The number of carbonyl (C=O) groups is 1. The first-order valence-electron chi connectivity index (χ1n) is 11.2. The molecule has 2 N–H and O–H groups in total. The van der Waals surface area contributed by atoms with E-state index in [0.29, 0.717) is 19.1 Å². The number of piperidine rings is 1. The fraction of sp³-hybridized carbons (Fsp3) is 0.478. The Morgan fingerprint density at radius 1 is 1.22 bits per heavy atom. The largest absolute Gasteiger partial charge is 0.491 e. The molecular formula is C23H29N7O2. The van der Waals surface area contributed by atoms with E-state index in [1.54, 1.807) is 6.33 Å². The molecule has 0 spiro atoms. The first-order valence-corrected chi connectivity index (χ1v) is 11.2. The number of imidazole rings is 1. The normalized spacial score (nSPS) is 17.0. The van der Waals surface area contributed by atoms with Gasteiger partial charge in [0.05, 0.1) is 18.7 Å². The molecule has 2 aliphatic rings. The highest BCUT2D eigenvalue weighted by Crippen LogP contribution is 2.38. The quantitative estimate of drug-likeness (QED) is 0.660. The number of aromatic nitrogens is 5. The lowest BCUT2D eigenvalue weighted by Crippen LogP contribution is -2.39. The number of benzene rings is 1. The van der Waals surface area contributed by atoms with E-state index in [-0.39, 0.29) is 11.9 Å². The second kappa shape index (κ2) is 8.38. The first-order chi connectivity index (χ1) is 15.5. The molecule has 3 aromatic rings. The van der Waals surface area contributed by atoms with Gasteiger partial charge in [-0.2, -0.15) is 5.10 Å². The van der Waals surface area contributed by atoms with Crippen molar-refractivity contribution in [3.8, 4) is 28.7 Å². The lowest BCUT2D eigenvalue weighted by atomic mass is 9.88. The van der Waals surface area contributed by atoms with Gasteiger partial charge in [0, 0.05) is 12.2 Å². The number of primary amides is 1. The van der Waals surface area contributed by atoms with Crippen LogP contribution in [0.5, 0.6) is 5.75 Å². The summed E-state index contributed by atoms with van der Waals surface area (Å²) in [6.07, 6.45) is 5.64.